The molecule has 0 bridgehead atoms. The van der Waals surface area contributed by atoms with E-state index >= 15 is 0 Å². The van der Waals surface area contributed by atoms with Gasteiger partial charge in [0, 0.05) is 24.1 Å². The first-order valence-electron chi connectivity index (χ1n) is 10.3. The molecule has 1 aromatic carbocycles. The number of aromatic nitrogens is 3. The lowest BCUT2D eigenvalue weighted by atomic mass is 9.94. The molecule has 0 saturated carbocycles. The lowest BCUT2D eigenvalue weighted by molar-refractivity contribution is -0.139. The van der Waals surface area contributed by atoms with Crippen LogP contribution < -0.4 is 20.1 Å². The zero-order valence-electron chi connectivity index (χ0n) is 18.5. The van der Waals surface area contributed by atoms with Crippen LogP contribution in [0.2, 0.25) is 0 Å². The van der Waals surface area contributed by atoms with Gasteiger partial charge in [0.05, 0.1) is 31.4 Å². The molecule has 2 amide bonds. The quantitative estimate of drug-likeness (QED) is 0.410. The first-order valence-corrected chi connectivity index (χ1v) is 11.3. The van der Waals surface area contributed by atoms with Crippen LogP contribution in [0.1, 0.15) is 32.4 Å². The van der Waals surface area contributed by atoms with E-state index in [1.165, 1.54) is 11.8 Å². The van der Waals surface area contributed by atoms with Crippen LogP contribution >= 0.6 is 11.8 Å². The summed E-state index contributed by atoms with van der Waals surface area (Å²) in [4.78, 5) is 25.6. The smallest absolute Gasteiger partial charge is 0.338 e. The summed E-state index contributed by atoms with van der Waals surface area (Å²) in [5, 5.41) is 14.2. The predicted octanol–water partition coefficient (Wildman–Crippen LogP) is 2.58. The number of ether oxygens (including phenoxy) is 3. The minimum absolute atomic E-state index is 0.198. The number of thioether (sulfide) groups is 1. The standard InChI is InChI=1S/C21H27N5O5S/c1-5-29-13-8-9-16(30-6-2)14(10-13)18-17(19(27)31-7-3)15(23-20(28)24-18)11-32-21-25-22-12-26(21)4/h8-10,12,18H,5-7,11H2,1-4H3,(H2,23,24,28)/t18-/m0/s1. The number of nitrogens with zero attached hydrogens (tertiary/aromatic N) is 3. The van der Waals surface area contributed by atoms with E-state index in [0.29, 0.717) is 52.5 Å². The van der Waals surface area contributed by atoms with E-state index in [2.05, 4.69) is 20.8 Å². The number of benzene rings is 1. The van der Waals surface area contributed by atoms with Crippen molar-refractivity contribution in [3.8, 4) is 11.5 Å². The molecule has 0 aliphatic carbocycles. The normalized spacial score (nSPS) is 15.8. The fourth-order valence-corrected chi connectivity index (χ4v) is 4.11. The predicted molar refractivity (Wildman–Crippen MR) is 119 cm³/mol. The summed E-state index contributed by atoms with van der Waals surface area (Å²) in [5.74, 6) is 0.921. The summed E-state index contributed by atoms with van der Waals surface area (Å²) in [6.07, 6.45) is 1.58. The summed E-state index contributed by atoms with van der Waals surface area (Å²) in [7, 11) is 1.82. The molecular formula is C21H27N5O5S. The van der Waals surface area contributed by atoms with Gasteiger partial charge in [0.25, 0.3) is 0 Å². The number of rotatable bonds is 10. The third-order valence-corrected chi connectivity index (χ3v) is 5.63. The van der Waals surface area contributed by atoms with Gasteiger partial charge in [0.1, 0.15) is 17.8 Å². The number of amides is 2. The molecule has 0 unspecified atom stereocenters. The van der Waals surface area contributed by atoms with E-state index in [1.807, 2.05) is 20.9 Å². The van der Waals surface area contributed by atoms with Crippen molar-refractivity contribution in [2.75, 3.05) is 25.6 Å². The summed E-state index contributed by atoms with van der Waals surface area (Å²) in [6.45, 7) is 6.58. The fraction of sp³-hybridized carbons (Fsp3) is 0.429. The summed E-state index contributed by atoms with van der Waals surface area (Å²) < 4.78 is 18.5. The summed E-state index contributed by atoms with van der Waals surface area (Å²) >= 11 is 1.35. The van der Waals surface area contributed by atoms with E-state index in [0.717, 1.165) is 0 Å². The Morgan fingerprint density at radius 3 is 2.62 bits per heavy atom. The van der Waals surface area contributed by atoms with Gasteiger partial charge < -0.3 is 29.4 Å². The Balaban J connectivity index is 2.07. The highest BCUT2D eigenvalue weighted by molar-refractivity contribution is 7.99. The number of carbonyl (C=O) groups excluding carboxylic acids is 2. The first kappa shape index (κ1) is 23.5. The fourth-order valence-electron chi connectivity index (χ4n) is 3.25. The Kier molecular flexibility index (Phi) is 7.98. The van der Waals surface area contributed by atoms with Gasteiger partial charge in [-0.25, -0.2) is 9.59 Å². The van der Waals surface area contributed by atoms with Crippen LogP contribution in [-0.2, 0) is 16.6 Å². The second-order valence-corrected chi connectivity index (χ2v) is 7.67. The summed E-state index contributed by atoms with van der Waals surface area (Å²) in [5.41, 5.74) is 1.35. The topological polar surface area (TPSA) is 117 Å². The highest BCUT2D eigenvalue weighted by atomic mass is 32.2. The Morgan fingerprint density at radius 2 is 1.97 bits per heavy atom. The molecule has 0 saturated heterocycles. The average molecular weight is 462 g/mol. The number of urea groups is 1. The molecular weight excluding hydrogens is 434 g/mol. The van der Waals surface area contributed by atoms with Crippen molar-refractivity contribution in [2.24, 2.45) is 7.05 Å². The molecule has 1 aliphatic heterocycles. The van der Waals surface area contributed by atoms with Crippen LogP contribution in [-0.4, -0.2) is 52.3 Å². The minimum Gasteiger partial charge on any atom is -0.494 e. The molecule has 11 heteroatoms. The molecule has 3 rings (SSSR count). The van der Waals surface area contributed by atoms with Crippen LogP contribution in [0.25, 0.3) is 0 Å². The molecule has 1 aromatic heterocycles. The molecule has 2 N–H and O–H groups in total. The molecule has 0 spiro atoms. The zero-order chi connectivity index (χ0) is 23.1. The van der Waals surface area contributed by atoms with E-state index in [-0.39, 0.29) is 6.61 Å². The van der Waals surface area contributed by atoms with Crippen molar-refractivity contribution < 1.29 is 23.8 Å². The molecule has 2 heterocycles. The Hall–Kier alpha value is -3.21. The number of esters is 1. The second kappa shape index (κ2) is 10.9. The largest absolute Gasteiger partial charge is 0.494 e. The minimum atomic E-state index is -0.778. The third kappa shape index (κ3) is 5.34. The van der Waals surface area contributed by atoms with Crippen molar-refractivity contribution in [3.63, 3.8) is 0 Å². The molecule has 2 aromatic rings. The van der Waals surface area contributed by atoms with Gasteiger partial charge >= 0.3 is 12.0 Å². The lowest BCUT2D eigenvalue weighted by Gasteiger charge is -2.30. The van der Waals surface area contributed by atoms with Crippen molar-refractivity contribution in [1.29, 1.82) is 0 Å². The highest BCUT2D eigenvalue weighted by Crippen LogP contribution is 2.37. The monoisotopic (exact) mass is 461 g/mol. The van der Waals surface area contributed by atoms with E-state index in [9.17, 15) is 9.59 Å². The molecule has 1 aliphatic rings. The molecule has 172 valence electrons. The Labute approximate surface area is 190 Å². The van der Waals surface area contributed by atoms with Gasteiger partial charge in [-0.05, 0) is 39.0 Å². The van der Waals surface area contributed by atoms with Crippen LogP contribution in [0.5, 0.6) is 11.5 Å². The van der Waals surface area contributed by atoms with Gasteiger partial charge in [0.15, 0.2) is 5.16 Å². The SMILES string of the molecule is CCOC(=O)C1=C(CSc2nncn2C)NC(=O)N[C@H]1c1cc(OCC)ccc1OCC. The van der Waals surface area contributed by atoms with Crippen LogP contribution in [0.15, 0.2) is 41.0 Å². The number of aryl methyl sites for hydroxylation is 1. The molecule has 0 fully saturated rings. The zero-order valence-corrected chi connectivity index (χ0v) is 19.3. The Bertz CT molecular complexity index is 1010. The first-order chi connectivity index (χ1) is 15.5. The average Bonchev–Trinajstić information content (AvgIpc) is 3.18. The van der Waals surface area contributed by atoms with Gasteiger partial charge in [-0.3, -0.25) is 0 Å². The second-order valence-electron chi connectivity index (χ2n) is 6.72. The maximum atomic E-state index is 13.0. The molecule has 1 atom stereocenters. The van der Waals surface area contributed by atoms with Crippen molar-refractivity contribution >= 4 is 23.8 Å². The van der Waals surface area contributed by atoms with Gasteiger partial charge in [-0.1, -0.05) is 11.8 Å². The van der Waals surface area contributed by atoms with Crippen LogP contribution in [0, 0.1) is 0 Å². The van der Waals surface area contributed by atoms with Gasteiger partial charge in [-0.15, -0.1) is 10.2 Å². The Morgan fingerprint density at radius 1 is 1.19 bits per heavy atom. The maximum absolute atomic E-state index is 13.0. The lowest BCUT2D eigenvalue weighted by Crippen LogP contribution is -2.46. The third-order valence-electron chi connectivity index (χ3n) is 4.57. The van der Waals surface area contributed by atoms with Crippen LogP contribution in [0.3, 0.4) is 0 Å². The van der Waals surface area contributed by atoms with Crippen LogP contribution in [0.4, 0.5) is 4.79 Å². The van der Waals surface area contributed by atoms with E-state index in [4.69, 9.17) is 14.2 Å². The van der Waals surface area contributed by atoms with Crippen molar-refractivity contribution in [2.45, 2.75) is 32.0 Å². The van der Waals surface area contributed by atoms with Gasteiger partial charge in [0.2, 0.25) is 0 Å². The molecule has 10 nitrogen and oxygen atoms in total. The molecule has 0 radical (unpaired) electrons. The molecule has 32 heavy (non-hydrogen) atoms. The maximum Gasteiger partial charge on any atom is 0.338 e. The van der Waals surface area contributed by atoms with E-state index < -0.39 is 18.0 Å². The van der Waals surface area contributed by atoms with Crippen molar-refractivity contribution in [3.05, 3.63) is 41.4 Å². The highest BCUT2D eigenvalue weighted by Gasteiger charge is 2.35. The number of nitrogens with one attached hydrogen (secondary N) is 2. The number of carbonyl (C=O) groups is 2. The van der Waals surface area contributed by atoms with E-state index in [1.54, 1.807) is 36.0 Å². The van der Waals surface area contributed by atoms with Crippen molar-refractivity contribution in [1.82, 2.24) is 25.4 Å². The van der Waals surface area contributed by atoms with Gasteiger partial charge in [-0.2, -0.15) is 0 Å². The number of hydrogen-bond acceptors (Lipinski definition) is 8. The summed E-state index contributed by atoms with van der Waals surface area (Å²) in [6, 6.07) is 4.13. The number of hydrogen-bond donors (Lipinski definition) is 2.